The van der Waals surface area contributed by atoms with Crippen molar-refractivity contribution in [3.8, 4) is 0 Å². The van der Waals surface area contributed by atoms with Crippen LogP contribution in [0, 0.1) is 11.6 Å². The van der Waals surface area contributed by atoms with Crippen LogP contribution in [0.1, 0.15) is 16.8 Å². The number of hydrogen-bond acceptors (Lipinski definition) is 3. The second-order valence-corrected chi connectivity index (χ2v) is 3.44. The fourth-order valence-corrected chi connectivity index (χ4v) is 1.29. The maximum Gasteiger partial charge on any atom is 0.338 e. The van der Waals surface area contributed by atoms with E-state index in [0.29, 0.717) is 0 Å². The predicted molar refractivity (Wildman–Crippen MR) is 60.5 cm³/mol. The molecule has 18 heavy (non-hydrogen) atoms. The monoisotopic (exact) mass is 258 g/mol. The van der Waals surface area contributed by atoms with Gasteiger partial charge in [0.15, 0.2) is 11.6 Å². The molecule has 0 aromatic heterocycles. The van der Waals surface area contributed by atoms with Gasteiger partial charge in [-0.15, -0.1) is 0 Å². The van der Waals surface area contributed by atoms with Gasteiger partial charge in [-0.1, -0.05) is 0 Å². The number of halogens is 2. The van der Waals surface area contributed by atoms with Crippen LogP contribution in [0.3, 0.4) is 0 Å². The Balaban J connectivity index is 2.77. The molecule has 0 unspecified atom stereocenters. The van der Waals surface area contributed by atoms with Gasteiger partial charge in [0.05, 0.1) is 11.3 Å². The minimum absolute atomic E-state index is 0.0955. The number of nitrogens with one attached hydrogen (secondary N) is 2. The molecular formula is C11H12F2N2O3. The van der Waals surface area contributed by atoms with Crippen LogP contribution >= 0.6 is 0 Å². The van der Waals surface area contributed by atoms with E-state index in [2.05, 4.69) is 10.6 Å². The summed E-state index contributed by atoms with van der Waals surface area (Å²) in [6, 6.07) is 2.08. The molecule has 0 spiro atoms. The van der Waals surface area contributed by atoms with Gasteiger partial charge in [0.1, 0.15) is 0 Å². The Kier molecular flexibility index (Phi) is 4.59. The first-order valence-electron chi connectivity index (χ1n) is 5.13. The fourth-order valence-electron chi connectivity index (χ4n) is 1.29. The van der Waals surface area contributed by atoms with Crippen molar-refractivity contribution in [2.45, 2.75) is 6.42 Å². The Morgan fingerprint density at radius 2 is 1.94 bits per heavy atom. The van der Waals surface area contributed by atoms with E-state index in [-0.39, 0.29) is 24.6 Å². The molecule has 1 amide bonds. The molecule has 0 radical (unpaired) electrons. The lowest BCUT2D eigenvalue weighted by atomic mass is 10.2. The maximum atomic E-state index is 13.4. The number of carboxylic acid groups (broad SMARTS) is 1. The Morgan fingerprint density at radius 3 is 2.50 bits per heavy atom. The van der Waals surface area contributed by atoms with E-state index < -0.39 is 23.2 Å². The number of rotatable bonds is 5. The lowest BCUT2D eigenvalue weighted by Crippen LogP contribution is -2.21. The zero-order valence-corrected chi connectivity index (χ0v) is 9.59. The number of carbonyl (C=O) groups is 2. The molecule has 0 fully saturated rings. The molecule has 0 bridgehead atoms. The van der Waals surface area contributed by atoms with E-state index in [1.54, 1.807) is 0 Å². The van der Waals surface area contributed by atoms with Crippen LogP contribution in [0.2, 0.25) is 0 Å². The third-order valence-corrected chi connectivity index (χ3v) is 2.26. The molecule has 7 heteroatoms. The van der Waals surface area contributed by atoms with E-state index in [1.807, 2.05) is 0 Å². The van der Waals surface area contributed by atoms with Crippen molar-refractivity contribution in [1.29, 1.82) is 0 Å². The van der Waals surface area contributed by atoms with Gasteiger partial charge in [0, 0.05) is 20.0 Å². The topological polar surface area (TPSA) is 78.4 Å². The number of anilines is 1. The molecule has 3 N–H and O–H groups in total. The first-order valence-corrected chi connectivity index (χ1v) is 5.13. The third kappa shape index (κ3) is 3.16. The smallest absolute Gasteiger partial charge is 0.338 e. The fraction of sp³-hybridized carbons (Fsp3) is 0.273. The van der Waals surface area contributed by atoms with Crippen LogP contribution in [0.15, 0.2) is 12.1 Å². The highest BCUT2D eigenvalue weighted by atomic mass is 19.2. The summed E-state index contributed by atoms with van der Waals surface area (Å²) in [6.07, 6.45) is 0.0955. The number of amides is 1. The predicted octanol–water partition coefficient (Wildman–Crippen LogP) is 1.21. The number of benzene rings is 1. The Morgan fingerprint density at radius 1 is 1.28 bits per heavy atom. The molecule has 0 aliphatic heterocycles. The van der Waals surface area contributed by atoms with Gasteiger partial charge >= 0.3 is 5.97 Å². The molecule has 1 rings (SSSR count). The Hall–Kier alpha value is -2.18. The van der Waals surface area contributed by atoms with Gasteiger partial charge in [0.25, 0.3) is 0 Å². The summed E-state index contributed by atoms with van der Waals surface area (Å²) in [5.41, 5.74) is -0.911. The zero-order chi connectivity index (χ0) is 13.7. The van der Waals surface area contributed by atoms with Gasteiger partial charge in [-0.05, 0) is 12.1 Å². The zero-order valence-electron chi connectivity index (χ0n) is 9.59. The summed E-state index contributed by atoms with van der Waals surface area (Å²) in [6.45, 7) is 0.114. The van der Waals surface area contributed by atoms with Crippen LogP contribution in [0.25, 0.3) is 0 Å². The lowest BCUT2D eigenvalue weighted by Gasteiger charge is -2.08. The van der Waals surface area contributed by atoms with E-state index >= 15 is 0 Å². The van der Waals surface area contributed by atoms with Crippen molar-refractivity contribution >= 4 is 17.6 Å². The van der Waals surface area contributed by atoms with E-state index in [0.717, 1.165) is 12.1 Å². The van der Waals surface area contributed by atoms with Crippen molar-refractivity contribution in [2.24, 2.45) is 0 Å². The van der Waals surface area contributed by atoms with E-state index in [1.165, 1.54) is 7.05 Å². The number of hydrogen-bond donors (Lipinski definition) is 3. The van der Waals surface area contributed by atoms with Crippen LogP contribution < -0.4 is 10.6 Å². The van der Waals surface area contributed by atoms with Crippen LogP contribution in [-0.4, -0.2) is 30.6 Å². The second kappa shape index (κ2) is 5.95. The molecule has 0 saturated heterocycles. The highest BCUT2D eigenvalue weighted by molar-refractivity contribution is 5.88. The molecule has 0 aliphatic rings. The van der Waals surface area contributed by atoms with Gasteiger partial charge in [-0.3, -0.25) is 4.79 Å². The van der Waals surface area contributed by atoms with Crippen molar-refractivity contribution in [3.63, 3.8) is 0 Å². The van der Waals surface area contributed by atoms with Gasteiger partial charge in [0.2, 0.25) is 5.91 Å². The van der Waals surface area contributed by atoms with Crippen molar-refractivity contribution in [3.05, 3.63) is 29.3 Å². The minimum atomic E-state index is -1.54. The van der Waals surface area contributed by atoms with E-state index in [4.69, 9.17) is 5.11 Å². The van der Waals surface area contributed by atoms with Crippen LogP contribution in [0.4, 0.5) is 14.5 Å². The van der Waals surface area contributed by atoms with Crippen LogP contribution in [0.5, 0.6) is 0 Å². The quantitative estimate of drug-likeness (QED) is 0.741. The molecular weight excluding hydrogens is 246 g/mol. The summed E-state index contributed by atoms with van der Waals surface area (Å²) < 4.78 is 26.7. The first kappa shape index (κ1) is 13.9. The molecule has 5 nitrogen and oxygen atoms in total. The SMILES string of the molecule is CNC(=O)CCNc1ccc(C(=O)O)c(F)c1F. The standard InChI is InChI=1S/C11H12F2N2O3/c1-14-8(16)4-5-15-7-3-2-6(11(17)18)9(12)10(7)13/h2-3,15H,4-5H2,1H3,(H,14,16)(H,17,18). The first-order chi connectivity index (χ1) is 8.47. The summed E-state index contributed by atoms with van der Waals surface area (Å²) in [5, 5.41) is 13.5. The largest absolute Gasteiger partial charge is 0.478 e. The minimum Gasteiger partial charge on any atom is -0.478 e. The number of aromatic carboxylic acids is 1. The molecule has 98 valence electrons. The molecule has 1 aromatic rings. The lowest BCUT2D eigenvalue weighted by molar-refractivity contribution is -0.120. The second-order valence-electron chi connectivity index (χ2n) is 3.44. The summed E-state index contributed by atoms with van der Waals surface area (Å²) >= 11 is 0. The highest BCUT2D eigenvalue weighted by Gasteiger charge is 2.17. The summed E-state index contributed by atoms with van der Waals surface area (Å²) in [5.74, 6) is -4.48. The van der Waals surface area contributed by atoms with Crippen LogP contribution in [-0.2, 0) is 4.79 Å². The average molecular weight is 258 g/mol. The Bertz CT molecular complexity index is 478. The van der Waals surface area contributed by atoms with Crippen molar-refractivity contribution < 1.29 is 23.5 Å². The molecule has 0 aliphatic carbocycles. The summed E-state index contributed by atoms with van der Waals surface area (Å²) in [7, 11) is 1.46. The van der Waals surface area contributed by atoms with Gasteiger partial charge < -0.3 is 15.7 Å². The van der Waals surface area contributed by atoms with Gasteiger partial charge in [-0.25, -0.2) is 13.6 Å². The third-order valence-electron chi connectivity index (χ3n) is 2.26. The molecule has 0 heterocycles. The van der Waals surface area contributed by atoms with Crippen molar-refractivity contribution in [1.82, 2.24) is 5.32 Å². The highest BCUT2D eigenvalue weighted by Crippen LogP contribution is 2.20. The molecule has 0 saturated carbocycles. The Labute approximate surface area is 102 Å². The average Bonchev–Trinajstić information content (AvgIpc) is 2.33. The molecule has 0 atom stereocenters. The summed E-state index contributed by atoms with van der Waals surface area (Å²) in [4.78, 5) is 21.4. The number of carboxylic acids is 1. The number of carbonyl (C=O) groups excluding carboxylic acids is 1. The van der Waals surface area contributed by atoms with E-state index in [9.17, 15) is 18.4 Å². The normalized spacial score (nSPS) is 9.94. The van der Waals surface area contributed by atoms with Gasteiger partial charge in [-0.2, -0.15) is 0 Å². The maximum absolute atomic E-state index is 13.4. The van der Waals surface area contributed by atoms with Crippen molar-refractivity contribution in [2.75, 3.05) is 18.9 Å². The molecule has 1 aromatic carbocycles.